The Kier molecular flexibility index (Phi) is 4.34. The van der Waals surface area contributed by atoms with Crippen molar-refractivity contribution in [2.75, 3.05) is 17.1 Å². The summed E-state index contributed by atoms with van der Waals surface area (Å²) in [6.07, 6.45) is 0.850. The van der Waals surface area contributed by atoms with Gasteiger partial charge in [-0.15, -0.1) is 0 Å². The summed E-state index contributed by atoms with van der Waals surface area (Å²) in [6.45, 7) is 3.36. The van der Waals surface area contributed by atoms with Crippen LogP contribution in [-0.4, -0.2) is 31.4 Å². The van der Waals surface area contributed by atoms with Gasteiger partial charge in [0.25, 0.3) is 10.0 Å². The highest BCUT2D eigenvalue weighted by molar-refractivity contribution is 7.92. The Hall–Kier alpha value is -2.68. The SMILES string of the molecule is COc1nc(C)c(NS(=O)(=O)c2ccc3c(c2)CCC(=O)N3)c(C)n1. The van der Waals surface area contributed by atoms with Crippen LogP contribution in [0.3, 0.4) is 0 Å². The lowest BCUT2D eigenvalue weighted by atomic mass is 10.0. The van der Waals surface area contributed by atoms with E-state index in [9.17, 15) is 13.2 Å². The van der Waals surface area contributed by atoms with Gasteiger partial charge in [-0.2, -0.15) is 9.97 Å². The standard InChI is InChI=1S/C16H18N4O4S/c1-9-15(10(2)18-16(17-9)24-3)20-25(22,23)12-5-6-13-11(8-12)4-7-14(21)19-13/h5-6,8,20H,4,7H2,1-3H3,(H,19,21). The second-order valence-corrected chi connectivity index (χ2v) is 7.41. The number of carbonyl (C=O) groups is 1. The Bertz CT molecular complexity index is 934. The maximum atomic E-state index is 12.7. The molecule has 0 saturated heterocycles. The number of hydrogen-bond donors (Lipinski definition) is 2. The molecule has 2 aromatic rings. The zero-order valence-corrected chi connectivity index (χ0v) is 14.9. The molecule has 1 amide bonds. The Morgan fingerprint density at radius 1 is 1.16 bits per heavy atom. The summed E-state index contributed by atoms with van der Waals surface area (Å²) in [5.74, 6) is -0.0668. The van der Waals surface area contributed by atoms with Crippen LogP contribution in [-0.2, 0) is 21.2 Å². The molecule has 2 heterocycles. The van der Waals surface area contributed by atoms with Gasteiger partial charge < -0.3 is 10.1 Å². The number of nitrogens with zero attached hydrogens (tertiary/aromatic N) is 2. The molecule has 0 radical (unpaired) electrons. The first-order valence-electron chi connectivity index (χ1n) is 7.65. The molecule has 132 valence electrons. The number of ether oxygens (including phenoxy) is 1. The summed E-state index contributed by atoms with van der Waals surface area (Å²) >= 11 is 0. The number of anilines is 2. The van der Waals surface area contributed by atoms with Gasteiger partial charge in [0.2, 0.25) is 5.91 Å². The lowest BCUT2D eigenvalue weighted by Gasteiger charge is -2.18. The second kappa shape index (κ2) is 6.32. The fraction of sp³-hybridized carbons (Fsp3) is 0.312. The van der Waals surface area contributed by atoms with Crippen molar-refractivity contribution in [3.63, 3.8) is 0 Å². The van der Waals surface area contributed by atoms with E-state index >= 15 is 0 Å². The minimum atomic E-state index is -3.81. The molecule has 9 heteroatoms. The Morgan fingerprint density at radius 3 is 2.48 bits per heavy atom. The van der Waals surface area contributed by atoms with Crippen molar-refractivity contribution >= 4 is 27.3 Å². The molecular weight excluding hydrogens is 344 g/mol. The minimum absolute atomic E-state index is 0.0668. The molecule has 0 unspecified atom stereocenters. The zero-order valence-electron chi connectivity index (χ0n) is 14.1. The lowest BCUT2D eigenvalue weighted by molar-refractivity contribution is -0.116. The van der Waals surface area contributed by atoms with Crippen LogP contribution in [0.4, 0.5) is 11.4 Å². The molecule has 8 nitrogen and oxygen atoms in total. The average molecular weight is 362 g/mol. The third kappa shape index (κ3) is 3.41. The molecule has 0 atom stereocenters. The van der Waals surface area contributed by atoms with Crippen molar-refractivity contribution in [1.82, 2.24) is 9.97 Å². The summed E-state index contributed by atoms with van der Waals surface area (Å²) in [6, 6.07) is 4.82. The summed E-state index contributed by atoms with van der Waals surface area (Å²) in [5, 5.41) is 2.73. The summed E-state index contributed by atoms with van der Waals surface area (Å²) in [5.41, 5.74) is 2.71. The quantitative estimate of drug-likeness (QED) is 0.858. The van der Waals surface area contributed by atoms with Gasteiger partial charge in [-0.25, -0.2) is 8.42 Å². The normalized spacial score (nSPS) is 13.8. The van der Waals surface area contributed by atoms with Crippen LogP contribution in [0.2, 0.25) is 0 Å². The predicted molar refractivity (Wildman–Crippen MR) is 92.3 cm³/mol. The van der Waals surface area contributed by atoms with E-state index < -0.39 is 10.0 Å². The molecule has 1 aromatic heterocycles. The van der Waals surface area contributed by atoms with Crippen molar-refractivity contribution in [2.24, 2.45) is 0 Å². The van der Waals surface area contributed by atoms with Crippen molar-refractivity contribution in [1.29, 1.82) is 0 Å². The first-order chi connectivity index (χ1) is 11.8. The van der Waals surface area contributed by atoms with Gasteiger partial charge in [-0.1, -0.05) is 0 Å². The number of hydrogen-bond acceptors (Lipinski definition) is 6. The number of aromatic nitrogens is 2. The number of fused-ring (bicyclic) bond motifs is 1. The third-order valence-electron chi connectivity index (χ3n) is 3.95. The van der Waals surface area contributed by atoms with E-state index in [1.54, 1.807) is 26.0 Å². The molecule has 0 bridgehead atoms. The van der Waals surface area contributed by atoms with Crippen LogP contribution in [0.25, 0.3) is 0 Å². The monoisotopic (exact) mass is 362 g/mol. The zero-order chi connectivity index (χ0) is 18.2. The van der Waals surface area contributed by atoms with E-state index in [0.29, 0.717) is 35.6 Å². The van der Waals surface area contributed by atoms with E-state index in [1.807, 2.05) is 0 Å². The van der Waals surface area contributed by atoms with Gasteiger partial charge in [-0.05, 0) is 44.0 Å². The Morgan fingerprint density at radius 2 is 1.84 bits per heavy atom. The van der Waals surface area contributed by atoms with E-state index in [0.717, 1.165) is 5.56 Å². The van der Waals surface area contributed by atoms with Crippen molar-refractivity contribution in [3.8, 4) is 6.01 Å². The minimum Gasteiger partial charge on any atom is -0.467 e. The number of carbonyl (C=O) groups excluding carboxylic acids is 1. The molecule has 0 fully saturated rings. The Labute approximate surface area is 145 Å². The smallest absolute Gasteiger partial charge is 0.316 e. The van der Waals surface area contributed by atoms with Crippen LogP contribution >= 0.6 is 0 Å². The van der Waals surface area contributed by atoms with Crippen LogP contribution in [0.1, 0.15) is 23.4 Å². The highest BCUT2D eigenvalue weighted by atomic mass is 32.2. The van der Waals surface area contributed by atoms with E-state index in [-0.39, 0.29) is 16.8 Å². The number of nitrogens with one attached hydrogen (secondary N) is 2. The van der Waals surface area contributed by atoms with Crippen LogP contribution in [0, 0.1) is 13.8 Å². The first kappa shape index (κ1) is 17.2. The summed E-state index contributed by atoms with van der Waals surface area (Å²) in [4.78, 5) is 19.7. The molecule has 3 rings (SSSR count). The number of amides is 1. The number of methoxy groups -OCH3 is 1. The lowest BCUT2D eigenvalue weighted by Crippen LogP contribution is -2.20. The molecular formula is C16H18N4O4S. The van der Waals surface area contributed by atoms with E-state index in [1.165, 1.54) is 13.2 Å². The molecule has 0 spiro atoms. The Balaban J connectivity index is 1.94. The van der Waals surface area contributed by atoms with Crippen molar-refractivity contribution < 1.29 is 17.9 Å². The average Bonchev–Trinajstić information content (AvgIpc) is 2.57. The van der Waals surface area contributed by atoms with Gasteiger partial charge in [-0.3, -0.25) is 9.52 Å². The molecule has 1 aliphatic heterocycles. The van der Waals surface area contributed by atoms with Crippen molar-refractivity contribution in [2.45, 2.75) is 31.6 Å². The molecule has 25 heavy (non-hydrogen) atoms. The third-order valence-corrected chi connectivity index (χ3v) is 5.30. The number of benzene rings is 1. The molecule has 2 N–H and O–H groups in total. The number of sulfonamides is 1. The topological polar surface area (TPSA) is 110 Å². The van der Waals surface area contributed by atoms with Crippen LogP contribution in [0.5, 0.6) is 6.01 Å². The van der Waals surface area contributed by atoms with Crippen molar-refractivity contribution in [3.05, 3.63) is 35.2 Å². The van der Waals surface area contributed by atoms with Gasteiger partial charge in [0.1, 0.15) is 0 Å². The van der Waals surface area contributed by atoms with E-state index in [2.05, 4.69) is 20.0 Å². The van der Waals surface area contributed by atoms with Gasteiger partial charge in [0.15, 0.2) is 0 Å². The fourth-order valence-electron chi connectivity index (χ4n) is 2.64. The van der Waals surface area contributed by atoms with Crippen LogP contribution in [0.15, 0.2) is 23.1 Å². The maximum absolute atomic E-state index is 12.7. The number of aryl methyl sites for hydroxylation is 3. The van der Waals surface area contributed by atoms with E-state index in [4.69, 9.17) is 4.74 Å². The van der Waals surface area contributed by atoms with Crippen LogP contribution < -0.4 is 14.8 Å². The summed E-state index contributed by atoms with van der Waals surface area (Å²) in [7, 11) is -2.36. The largest absolute Gasteiger partial charge is 0.467 e. The molecule has 1 aromatic carbocycles. The highest BCUT2D eigenvalue weighted by Crippen LogP contribution is 2.28. The summed E-state index contributed by atoms with van der Waals surface area (Å²) < 4.78 is 33.0. The second-order valence-electron chi connectivity index (χ2n) is 5.73. The molecule has 0 saturated carbocycles. The van der Waals surface area contributed by atoms with Gasteiger partial charge >= 0.3 is 6.01 Å². The molecule has 0 aliphatic carbocycles. The van der Waals surface area contributed by atoms with Gasteiger partial charge in [0, 0.05) is 12.1 Å². The predicted octanol–water partition coefficient (Wildman–Crippen LogP) is 1.79. The number of rotatable bonds is 4. The molecule has 1 aliphatic rings. The first-order valence-corrected chi connectivity index (χ1v) is 9.13. The maximum Gasteiger partial charge on any atom is 0.316 e. The highest BCUT2D eigenvalue weighted by Gasteiger charge is 2.22. The fourth-order valence-corrected chi connectivity index (χ4v) is 3.87. The van der Waals surface area contributed by atoms with Gasteiger partial charge in [0.05, 0.1) is 29.1 Å².